The van der Waals surface area contributed by atoms with Crippen molar-refractivity contribution >= 4 is 0 Å². The quantitative estimate of drug-likeness (QED) is 0.710. The van der Waals surface area contributed by atoms with Crippen LogP contribution in [0.2, 0.25) is 0 Å². The second-order valence-electron chi connectivity index (χ2n) is 6.54. The molecule has 4 rings (SSSR count). The van der Waals surface area contributed by atoms with E-state index in [1.165, 1.54) is 0 Å². The van der Waals surface area contributed by atoms with Gasteiger partial charge in [-0.25, -0.2) is 0 Å². The number of H-pyrrole nitrogens is 1. The molecule has 28 heavy (non-hydrogen) atoms. The molecule has 0 spiro atoms. The molecule has 140 valence electrons. The summed E-state index contributed by atoms with van der Waals surface area (Å²) in [5, 5.41) is 16.9. The molecule has 1 aromatic heterocycles. The Hall–Kier alpha value is -3.72. The third kappa shape index (κ3) is 3.19. The molecule has 6 heteroatoms. The van der Waals surface area contributed by atoms with Gasteiger partial charge in [0.15, 0.2) is 0 Å². The van der Waals surface area contributed by atoms with Crippen LogP contribution in [0.15, 0.2) is 66.1 Å². The van der Waals surface area contributed by atoms with Gasteiger partial charge in [0.05, 0.1) is 5.92 Å². The highest BCUT2D eigenvalue weighted by atomic mass is 16.5. The first-order valence-electron chi connectivity index (χ1n) is 9.12. The zero-order chi connectivity index (χ0) is 19.5. The largest absolute Gasteiger partial charge is 0.489 e. The van der Waals surface area contributed by atoms with Gasteiger partial charge in [0.1, 0.15) is 24.0 Å². The number of nitriles is 1. The van der Waals surface area contributed by atoms with Crippen LogP contribution in [0.1, 0.15) is 35.2 Å². The van der Waals surface area contributed by atoms with Crippen molar-refractivity contribution in [3.8, 4) is 17.7 Å². The highest BCUT2D eigenvalue weighted by Gasteiger charge is 2.34. The van der Waals surface area contributed by atoms with Crippen molar-refractivity contribution in [3.05, 3.63) is 88.4 Å². The maximum absolute atomic E-state index is 9.66. The topological polar surface area (TPSA) is 97.0 Å². The Morgan fingerprint density at radius 3 is 2.61 bits per heavy atom. The average molecular weight is 372 g/mol. The fourth-order valence-corrected chi connectivity index (χ4v) is 3.41. The summed E-state index contributed by atoms with van der Waals surface area (Å²) in [5.74, 6) is 0.977. The predicted molar refractivity (Wildman–Crippen MR) is 104 cm³/mol. The number of hydrogen-bond acceptors (Lipinski definition) is 5. The van der Waals surface area contributed by atoms with Gasteiger partial charge in [-0.1, -0.05) is 49.4 Å². The molecule has 2 heterocycles. The molecular weight excluding hydrogens is 352 g/mol. The molecule has 0 amide bonds. The van der Waals surface area contributed by atoms with Gasteiger partial charge in [0.2, 0.25) is 11.8 Å². The van der Waals surface area contributed by atoms with Crippen LogP contribution in [0.3, 0.4) is 0 Å². The van der Waals surface area contributed by atoms with Gasteiger partial charge in [-0.3, -0.25) is 5.10 Å². The van der Waals surface area contributed by atoms with Crippen LogP contribution in [0.5, 0.6) is 11.6 Å². The lowest BCUT2D eigenvalue weighted by molar-refractivity contribution is 0.306. The zero-order valence-electron chi connectivity index (χ0n) is 15.5. The Kier molecular flexibility index (Phi) is 4.73. The van der Waals surface area contributed by atoms with Gasteiger partial charge >= 0.3 is 0 Å². The van der Waals surface area contributed by atoms with E-state index in [1.807, 2.05) is 61.5 Å². The van der Waals surface area contributed by atoms with Crippen LogP contribution >= 0.6 is 0 Å². The number of rotatable bonds is 5. The molecule has 0 bridgehead atoms. The molecule has 0 radical (unpaired) electrons. The number of aromatic nitrogens is 2. The summed E-state index contributed by atoms with van der Waals surface area (Å²) in [4.78, 5) is 0. The molecule has 3 aromatic rings. The number of aromatic amines is 1. The summed E-state index contributed by atoms with van der Waals surface area (Å²) in [6.07, 6.45) is 0.749. The number of aryl methyl sites for hydroxylation is 1. The first kappa shape index (κ1) is 17.7. The van der Waals surface area contributed by atoms with E-state index >= 15 is 0 Å². The normalized spacial score (nSPS) is 15.5. The van der Waals surface area contributed by atoms with Crippen LogP contribution in [-0.2, 0) is 13.0 Å². The first-order valence-corrected chi connectivity index (χ1v) is 9.12. The lowest BCUT2D eigenvalue weighted by atomic mass is 9.83. The van der Waals surface area contributed by atoms with Crippen molar-refractivity contribution in [2.24, 2.45) is 5.73 Å². The van der Waals surface area contributed by atoms with Crippen molar-refractivity contribution in [2.75, 3.05) is 0 Å². The number of nitrogens with one attached hydrogen (secondary N) is 1. The van der Waals surface area contributed by atoms with E-state index in [0.29, 0.717) is 18.1 Å². The summed E-state index contributed by atoms with van der Waals surface area (Å²) >= 11 is 0. The highest BCUT2D eigenvalue weighted by molar-refractivity contribution is 5.55. The van der Waals surface area contributed by atoms with Crippen molar-refractivity contribution in [3.63, 3.8) is 0 Å². The lowest BCUT2D eigenvalue weighted by Gasteiger charge is -2.24. The van der Waals surface area contributed by atoms with Gasteiger partial charge in [-0.2, -0.15) is 5.26 Å². The van der Waals surface area contributed by atoms with Gasteiger partial charge in [-0.15, -0.1) is 5.10 Å². The maximum Gasteiger partial charge on any atom is 0.244 e. The molecule has 1 aliphatic heterocycles. The molecule has 0 saturated heterocycles. The van der Waals surface area contributed by atoms with Gasteiger partial charge in [-0.05, 0) is 29.7 Å². The smallest absolute Gasteiger partial charge is 0.244 e. The van der Waals surface area contributed by atoms with Gasteiger partial charge in [0, 0.05) is 11.3 Å². The average Bonchev–Trinajstić information content (AvgIpc) is 3.15. The van der Waals surface area contributed by atoms with E-state index in [-0.39, 0.29) is 11.8 Å². The van der Waals surface area contributed by atoms with Crippen molar-refractivity contribution in [1.29, 1.82) is 5.26 Å². The predicted octanol–water partition coefficient (Wildman–Crippen LogP) is 3.77. The Bertz CT molecular complexity index is 1050. The first-order chi connectivity index (χ1) is 13.7. The summed E-state index contributed by atoms with van der Waals surface area (Å²) in [5.41, 5.74) is 10.2. The van der Waals surface area contributed by atoms with E-state index < -0.39 is 0 Å². The number of hydrogen-bond donors (Lipinski definition) is 2. The van der Waals surface area contributed by atoms with Crippen LogP contribution in [0.4, 0.5) is 0 Å². The molecule has 1 unspecified atom stereocenters. The Labute approximate surface area is 163 Å². The minimum atomic E-state index is -0.314. The summed E-state index contributed by atoms with van der Waals surface area (Å²) < 4.78 is 11.4. The van der Waals surface area contributed by atoms with Crippen LogP contribution in [-0.4, -0.2) is 10.2 Å². The third-order valence-electron chi connectivity index (χ3n) is 4.83. The minimum Gasteiger partial charge on any atom is -0.489 e. The molecule has 6 nitrogen and oxygen atoms in total. The number of benzene rings is 2. The van der Waals surface area contributed by atoms with Crippen molar-refractivity contribution < 1.29 is 9.47 Å². The SMILES string of the molecule is CCc1[nH]nc2c1C(c1ccc(OCc3ccccc3)cc1)C(C#N)=C(N)O2. The second kappa shape index (κ2) is 7.49. The van der Waals surface area contributed by atoms with E-state index in [1.54, 1.807) is 0 Å². The summed E-state index contributed by atoms with van der Waals surface area (Å²) in [6, 6.07) is 19.9. The Balaban J connectivity index is 1.63. The zero-order valence-corrected chi connectivity index (χ0v) is 15.5. The fraction of sp³-hybridized carbons (Fsp3) is 0.182. The van der Waals surface area contributed by atoms with E-state index in [0.717, 1.165) is 34.6 Å². The van der Waals surface area contributed by atoms with Crippen molar-refractivity contribution in [2.45, 2.75) is 25.9 Å². The Morgan fingerprint density at radius 1 is 1.18 bits per heavy atom. The number of ether oxygens (including phenoxy) is 2. The number of allylic oxidation sites excluding steroid dienone is 1. The van der Waals surface area contributed by atoms with E-state index in [9.17, 15) is 5.26 Å². The highest BCUT2D eigenvalue weighted by Crippen LogP contribution is 2.43. The second-order valence-corrected chi connectivity index (χ2v) is 6.54. The van der Waals surface area contributed by atoms with Crippen molar-refractivity contribution in [1.82, 2.24) is 10.2 Å². The Morgan fingerprint density at radius 2 is 1.93 bits per heavy atom. The number of fused-ring (bicyclic) bond motifs is 1. The minimum absolute atomic E-state index is 0.0959. The summed E-state index contributed by atoms with van der Waals surface area (Å²) in [7, 11) is 0. The van der Waals surface area contributed by atoms with Gasteiger partial charge < -0.3 is 15.2 Å². The molecule has 0 fully saturated rings. The van der Waals surface area contributed by atoms with Crippen LogP contribution < -0.4 is 15.2 Å². The molecule has 1 atom stereocenters. The molecule has 0 aliphatic carbocycles. The molecule has 2 aromatic carbocycles. The summed E-state index contributed by atoms with van der Waals surface area (Å²) in [6.45, 7) is 2.53. The molecule has 3 N–H and O–H groups in total. The monoisotopic (exact) mass is 372 g/mol. The molecule has 0 saturated carbocycles. The van der Waals surface area contributed by atoms with Crippen LogP contribution in [0.25, 0.3) is 0 Å². The molecular formula is C22H20N4O2. The van der Waals surface area contributed by atoms with E-state index in [2.05, 4.69) is 16.3 Å². The van der Waals surface area contributed by atoms with Gasteiger partial charge in [0.25, 0.3) is 0 Å². The third-order valence-corrected chi connectivity index (χ3v) is 4.83. The number of nitrogens with two attached hydrogens (primary N) is 1. The standard InChI is InChI=1S/C22H20N4O2/c1-2-18-20-19(17(12-23)21(24)28-22(20)26-25-18)15-8-10-16(11-9-15)27-13-14-6-4-3-5-7-14/h3-11,19H,2,13,24H2,1H3,(H,25,26). The van der Waals surface area contributed by atoms with E-state index in [4.69, 9.17) is 15.2 Å². The molecule has 1 aliphatic rings. The number of nitrogens with zero attached hydrogens (tertiary/aromatic N) is 2. The maximum atomic E-state index is 9.66. The van der Waals surface area contributed by atoms with Crippen LogP contribution in [0, 0.1) is 11.3 Å². The lowest BCUT2D eigenvalue weighted by Crippen LogP contribution is -2.21. The fourth-order valence-electron chi connectivity index (χ4n) is 3.41.